The minimum atomic E-state index is -2.30. The van der Waals surface area contributed by atoms with Crippen LogP contribution < -0.4 is 5.73 Å². The third kappa shape index (κ3) is 3.26. The highest BCUT2D eigenvalue weighted by Gasteiger charge is 2.21. The van der Waals surface area contributed by atoms with E-state index in [1.54, 1.807) is 0 Å². The first kappa shape index (κ1) is 16.0. The monoisotopic (exact) mass is 381 g/mol. The van der Waals surface area contributed by atoms with Crippen LogP contribution in [-0.2, 0) is 16.6 Å². The van der Waals surface area contributed by atoms with Crippen molar-refractivity contribution in [2.45, 2.75) is 10.6 Å². The molecule has 2 rings (SSSR count). The summed E-state index contributed by atoms with van der Waals surface area (Å²) in [5, 5.41) is 0. The zero-order valence-electron chi connectivity index (χ0n) is 10.3. The van der Waals surface area contributed by atoms with E-state index in [9.17, 15) is 21.8 Å². The van der Waals surface area contributed by atoms with Gasteiger partial charge >= 0.3 is 0 Å². The molecular weight excluding hydrogens is 374 g/mol. The molecule has 0 fully saturated rings. The summed E-state index contributed by atoms with van der Waals surface area (Å²) in [6, 6.07) is 3.70. The van der Waals surface area contributed by atoms with E-state index in [1.165, 1.54) is 0 Å². The van der Waals surface area contributed by atoms with Crippen molar-refractivity contribution in [3.8, 4) is 0 Å². The molecule has 0 heterocycles. The van der Waals surface area contributed by atoms with Gasteiger partial charge < -0.3 is 5.73 Å². The summed E-state index contributed by atoms with van der Waals surface area (Å²) in [5.74, 6) is -4.85. The standard InChI is InChI=1S/C13H8BrF4NOS/c14-8-1-2-9(15)7(12(8)18)5-21(20)13-10(16)3-6(19)4-11(13)17/h1-4H,5,19H2. The molecule has 0 saturated heterocycles. The summed E-state index contributed by atoms with van der Waals surface area (Å²) in [5.41, 5.74) is 4.55. The summed E-state index contributed by atoms with van der Waals surface area (Å²) < 4.78 is 66.6. The molecular formula is C13H8BrF4NOS. The Balaban J connectivity index is 2.42. The zero-order valence-corrected chi connectivity index (χ0v) is 12.7. The Bertz CT molecular complexity index is 715. The minimum Gasteiger partial charge on any atom is -0.399 e. The van der Waals surface area contributed by atoms with E-state index in [2.05, 4.69) is 15.9 Å². The van der Waals surface area contributed by atoms with Crippen molar-refractivity contribution in [2.75, 3.05) is 5.73 Å². The van der Waals surface area contributed by atoms with Crippen molar-refractivity contribution in [3.05, 3.63) is 57.6 Å². The first-order valence-corrected chi connectivity index (χ1v) is 7.67. The molecule has 112 valence electrons. The zero-order chi connectivity index (χ0) is 15.7. The lowest BCUT2D eigenvalue weighted by Gasteiger charge is -2.09. The van der Waals surface area contributed by atoms with Crippen molar-refractivity contribution in [1.82, 2.24) is 0 Å². The van der Waals surface area contributed by atoms with Gasteiger partial charge in [-0.15, -0.1) is 0 Å². The lowest BCUT2D eigenvalue weighted by Crippen LogP contribution is -2.07. The quantitative estimate of drug-likeness (QED) is 0.497. The van der Waals surface area contributed by atoms with Gasteiger partial charge in [-0.25, -0.2) is 17.6 Å². The molecule has 0 aliphatic heterocycles. The summed E-state index contributed by atoms with van der Waals surface area (Å²) in [6.07, 6.45) is 0. The van der Waals surface area contributed by atoms with Gasteiger partial charge in [0, 0.05) is 11.3 Å². The predicted molar refractivity (Wildman–Crippen MR) is 74.9 cm³/mol. The number of hydrogen-bond donors (Lipinski definition) is 1. The van der Waals surface area contributed by atoms with Gasteiger partial charge in [-0.05, 0) is 40.2 Å². The molecule has 8 heteroatoms. The lowest BCUT2D eigenvalue weighted by molar-refractivity contribution is 0.533. The number of hydrogen-bond acceptors (Lipinski definition) is 2. The van der Waals surface area contributed by atoms with Gasteiger partial charge in [0.1, 0.15) is 28.2 Å². The van der Waals surface area contributed by atoms with Crippen LogP contribution in [0.5, 0.6) is 0 Å². The molecule has 1 unspecified atom stereocenters. The van der Waals surface area contributed by atoms with Crippen LogP contribution in [0.1, 0.15) is 5.56 Å². The molecule has 0 aromatic heterocycles. The van der Waals surface area contributed by atoms with Crippen LogP contribution in [0.3, 0.4) is 0 Å². The highest BCUT2D eigenvalue weighted by atomic mass is 79.9. The Morgan fingerprint density at radius 3 is 2.19 bits per heavy atom. The van der Waals surface area contributed by atoms with Gasteiger partial charge in [-0.3, -0.25) is 4.21 Å². The largest absolute Gasteiger partial charge is 0.399 e. The normalized spacial score (nSPS) is 12.4. The van der Waals surface area contributed by atoms with Crippen LogP contribution >= 0.6 is 15.9 Å². The fourth-order valence-corrected chi connectivity index (χ4v) is 3.30. The molecule has 0 aliphatic carbocycles. The second-order valence-electron chi connectivity index (χ2n) is 4.13. The van der Waals surface area contributed by atoms with Crippen molar-refractivity contribution < 1.29 is 21.8 Å². The van der Waals surface area contributed by atoms with E-state index in [-0.39, 0.29) is 10.2 Å². The number of anilines is 1. The van der Waals surface area contributed by atoms with E-state index in [0.717, 1.165) is 24.3 Å². The van der Waals surface area contributed by atoms with Gasteiger partial charge in [0.25, 0.3) is 0 Å². The van der Waals surface area contributed by atoms with Crippen molar-refractivity contribution >= 4 is 32.4 Å². The molecule has 0 radical (unpaired) electrons. The highest BCUT2D eigenvalue weighted by Crippen LogP contribution is 2.27. The van der Waals surface area contributed by atoms with Gasteiger partial charge in [0.05, 0.1) is 21.0 Å². The van der Waals surface area contributed by atoms with Gasteiger partial charge in [-0.1, -0.05) is 0 Å². The Morgan fingerprint density at radius 1 is 1.05 bits per heavy atom. The summed E-state index contributed by atoms with van der Waals surface area (Å²) in [4.78, 5) is -0.761. The van der Waals surface area contributed by atoms with Gasteiger partial charge in [0.2, 0.25) is 0 Å². The molecule has 2 N–H and O–H groups in total. The molecule has 21 heavy (non-hydrogen) atoms. The smallest absolute Gasteiger partial charge is 0.144 e. The third-order valence-corrected chi connectivity index (χ3v) is 4.67. The van der Waals surface area contributed by atoms with Gasteiger partial charge in [-0.2, -0.15) is 0 Å². The molecule has 0 amide bonds. The second-order valence-corrected chi connectivity index (χ2v) is 6.37. The fraction of sp³-hybridized carbons (Fsp3) is 0.0769. The average molecular weight is 382 g/mol. The lowest BCUT2D eigenvalue weighted by atomic mass is 10.2. The fourth-order valence-electron chi connectivity index (χ4n) is 1.70. The van der Waals surface area contributed by atoms with E-state index >= 15 is 0 Å². The molecule has 0 saturated carbocycles. The Labute approximate surface area is 128 Å². The predicted octanol–water partition coefficient (Wildman–Crippen LogP) is 3.90. The number of nitrogen functional groups attached to an aromatic ring is 1. The maximum atomic E-state index is 13.8. The first-order chi connectivity index (χ1) is 9.81. The molecule has 2 aromatic rings. The Kier molecular flexibility index (Phi) is 4.67. The van der Waals surface area contributed by atoms with Crippen molar-refractivity contribution in [3.63, 3.8) is 0 Å². The van der Waals surface area contributed by atoms with Crippen LogP contribution in [0.2, 0.25) is 0 Å². The summed E-state index contributed by atoms with van der Waals surface area (Å²) >= 11 is 2.86. The summed E-state index contributed by atoms with van der Waals surface area (Å²) in [7, 11) is -2.30. The summed E-state index contributed by atoms with van der Waals surface area (Å²) in [6.45, 7) is 0. The molecule has 1 atom stereocenters. The van der Waals surface area contributed by atoms with Crippen molar-refractivity contribution in [2.24, 2.45) is 0 Å². The van der Waals surface area contributed by atoms with E-state index in [0.29, 0.717) is 0 Å². The van der Waals surface area contributed by atoms with E-state index < -0.39 is 50.3 Å². The maximum absolute atomic E-state index is 13.8. The topological polar surface area (TPSA) is 43.1 Å². The van der Waals surface area contributed by atoms with Crippen LogP contribution in [0.15, 0.2) is 33.6 Å². The van der Waals surface area contributed by atoms with E-state index in [4.69, 9.17) is 5.73 Å². The average Bonchev–Trinajstić information content (AvgIpc) is 2.38. The van der Waals surface area contributed by atoms with Crippen molar-refractivity contribution in [1.29, 1.82) is 0 Å². The SMILES string of the molecule is Nc1cc(F)c(S(=O)Cc2c(F)ccc(Br)c2F)c(F)c1. The Morgan fingerprint density at radius 2 is 1.62 bits per heavy atom. The van der Waals surface area contributed by atoms with E-state index in [1.807, 2.05) is 0 Å². The molecule has 2 nitrogen and oxygen atoms in total. The number of benzene rings is 2. The highest BCUT2D eigenvalue weighted by molar-refractivity contribution is 9.10. The molecule has 2 aromatic carbocycles. The number of rotatable bonds is 3. The van der Waals surface area contributed by atoms with Crippen LogP contribution in [-0.4, -0.2) is 4.21 Å². The second kappa shape index (κ2) is 6.15. The Hall–Kier alpha value is -1.41. The minimum absolute atomic E-state index is 0.0332. The number of nitrogens with two attached hydrogens (primary N) is 1. The molecule has 0 bridgehead atoms. The number of halogens is 5. The van der Waals surface area contributed by atoms with Gasteiger partial charge in [0.15, 0.2) is 0 Å². The molecule has 0 aliphatic rings. The maximum Gasteiger partial charge on any atom is 0.144 e. The van der Waals surface area contributed by atoms with Crippen LogP contribution in [0.4, 0.5) is 23.2 Å². The molecule has 0 spiro atoms. The third-order valence-electron chi connectivity index (χ3n) is 2.66. The van der Waals surface area contributed by atoms with Crippen LogP contribution in [0, 0.1) is 23.3 Å². The van der Waals surface area contributed by atoms with Crippen LogP contribution in [0.25, 0.3) is 0 Å². The first-order valence-electron chi connectivity index (χ1n) is 5.56.